The molecule has 0 fully saturated rings. The van der Waals surface area contributed by atoms with E-state index in [4.69, 9.17) is 18.9 Å². The van der Waals surface area contributed by atoms with Crippen molar-refractivity contribution in [1.29, 1.82) is 0 Å². The van der Waals surface area contributed by atoms with Crippen molar-refractivity contribution in [2.45, 2.75) is 0 Å². The standard InChI is InChI=1S/C34H26N4O6/c1-41-29-15-7-25(8-16-29)35-37-27-11-19-31(20-12-27)43-33(39)23-3-5-24(6-4-23)34(40)44-32-21-13-28(14-22-32)38-36-26-9-17-30(42-2)18-10-26/h3-22H,1-2H3. The van der Waals surface area contributed by atoms with Crippen LogP contribution in [-0.2, 0) is 0 Å². The third-order valence-electron chi connectivity index (χ3n) is 6.16. The van der Waals surface area contributed by atoms with Crippen molar-refractivity contribution in [2.75, 3.05) is 14.2 Å². The number of hydrogen-bond acceptors (Lipinski definition) is 10. The van der Waals surface area contributed by atoms with E-state index in [0.717, 1.165) is 11.5 Å². The Hall–Kier alpha value is -6.16. The van der Waals surface area contributed by atoms with E-state index in [1.165, 1.54) is 24.3 Å². The maximum atomic E-state index is 12.6. The molecular weight excluding hydrogens is 560 g/mol. The van der Waals surface area contributed by atoms with Gasteiger partial charge in [0.15, 0.2) is 0 Å². The van der Waals surface area contributed by atoms with E-state index in [0.29, 0.717) is 34.2 Å². The lowest BCUT2D eigenvalue weighted by atomic mass is 10.1. The summed E-state index contributed by atoms with van der Waals surface area (Å²) in [5.41, 5.74) is 3.09. The molecule has 0 aliphatic heterocycles. The van der Waals surface area contributed by atoms with Gasteiger partial charge in [-0.2, -0.15) is 20.5 Å². The molecule has 0 aliphatic rings. The van der Waals surface area contributed by atoms with Crippen LogP contribution in [-0.4, -0.2) is 26.2 Å². The highest BCUT2D eigenvalue weighted by atomic mass is 16.5. The lowest BCUT2D eigenvalue weighted by Gasteiger charge is -2.07. The van der Waals surface area contributed by atoms with E-state index in [2.05, 4.69) is 20.5 Å². The lowest BCUT2D eigenvalue weighted by molar-refractivity contribution is 0.0720. The molecule has 218 valence electrons. The molecule has 0 aromatic heterocycles. The summed E-state index contributed by atoms with van der Waals surface area (Å²) in [5, 5.41) is 16.7. The van der Waals surface area contributed by atoms with Gasteiger partial charge in [0.2, 0.25) is 0 Å². The highest BCUT2D eigenvalue weighted by Crippen LogP contribution is 2.25. The molecule has 0 spiro atoms. The number of rotatable bonds is 10. The maximum absolute atomic E-state index is 12.6. The Bertz CT molecular complexity index is 1630. The van der Waals surface area contributed by atoms with Crippen molar-refractivity contribution in [3.05, 3.63) is 132 Å². The van der Waals surface area contributed by atoms with Gasteiger partial charge in [-0.15, -0.1) is 0 Å². The highest BCUT2D eigenvalue weighted by molar-refractivity contribution is 5.95. The molecule has 0 heterocycles. The number of ether oxygens (including phenoxy) is 4. The van der Waals surface area contributed by atoms with Gasteiger partial charge in [-0.05, 0) is 121 Å². The topological polar surface area (TPSA) is 121 Å². The van der Waals surface area contributed by atoms with Gasteiger partial charge >= 0.3 is 11.9 Å². The first-order valence-corrected chi connectivity index (χ1v) is 13.4. The average molecular weight is 587 g/mol. The third kappa shape index (κ3) is 7.98. The van der Waals surface area contributed by atoms with E-state index >= 15 is 0 Å². The largest absolute Gasteiger partial charge is 0.497 e. The molecule has 0 saturated carbocycles. The first kappa shape index (κ1) is 29.3. The Kier molecular flexibility index (Phi) is 9.43. The monoisotopic (exact) mass is 586 g/mol. The summed E-state index contributed by atoms with van der Waals surface area (Å²) in [6.45, 7) is 0. The first-order valence-electron chi connectivity index (χ1n) is 13.4. The van der Waals surface area contributed by atoms with E-state index in [-0.39, 0.29) is 11.1 Å². The Morgan fingerprint density at radius 2 is 0.636 bits per heavy atom. The van der Waals surface area contributed by atoms with E-state index in [1.807, 2.05) is 0 Å². The maximum Gasteiger partial charge on any atom is 0.343 e. The van der Waals surface area contributed by atoms with Crippen LogP contribution in [0.2, 0.25) is 0 Å². The Balaban J connectivity index is 1.12. The SMILES string of the molecule is COc1ccc(N=Nc2ccc(OC(=O)c3ccc(C(=O)Oc4ccc(N=Nc5ccc(OC)cc5)cc4)cc3)cc2)cc1. The molecule has 0 amide bonds. The molecule has 0 radical (unpaired) electrons. The molecule has 0 unspecified atom stereocenters. The first-order chi connectivity index (χ1) is 21.5. The number of benzene rings is 5. The summed E-state index contributed by atoms with van der Waals surface area (Å²) in [6.07, 6.45) is 0. The second-order valence-corrected chi connectivity index (χ2v) is 9.14. The molecule has 10 nitrogen and oxygen atoms in total. The molecule has 5 aromatic rings. The second-order valence-electron chi connectivity index (χ2n) is 9.14. The molecule has 0 N–H and O–H groups in total. The zero-order chi connectivity index (χ0) is 30.7. The molecule has 0 bridgehead atoms. The summed E-state index contributed by atoms with van der Waals surface area (Å²) in [6, 6.07) is 33.6. The van der Waals surface area contributed by atoms with Gasteiger partial charge in [0.1, 0.15) is 23.0 Å². The number of esters is 2. The minimum absolute atomic E-state index is 0.274. The predicted octanol–water partition coefficient (Wildman–Crippen LogP) is 8.97. The third-order valence-corrected chi connectivity index (χ3v) is 6.16. The molecule has 10 heteroatoms. The van der Waals surface area contributed by atoms with Gasteiger partial charge in [-0.3, -0.25) is 0 Å². The van der Waals surface area contributed by atoms with Crippen LogP contribution in [0.3, 0.4) is 0 Å². The van der Waals surface area contributed by atoms with Crippen LogP contribution in [0.15, 0.2) is 142 Å². The molecule has 0 aliphatic carbocycles. The minimum Gasteiger partial charge on any atom is -0.497 e. The van der Waals surface area contributed by atoms with Gasteiger partial charge in [0.05, 0.1) is 48.1 Å². The lowest BCUT2D eigenvalue weighted by Crippen LogP contribution is -2.11. The van der Waals surface area contributed by atoms with Crippen molar-refractivity contribution in [3.8, 4) is 23.0 Å². The highest BCUT2D eigenvalue weighted by Gasteiger charge is 2.13. The van der Waals surface area contributed by atoms with Crippen LogP contribution in [0.1, 0.15) is 20.7 Å². The van der Waals surface area contributed by atoms with Crippen LogP contribution >= 0.6 is 0 Å². The molecule has 0 atom stereocenters. The van der Waals surface area contributed by atoms with Crippen molar-refractivity contribution >= 4 is 34.7 Å². The van der Waals surface area contributed by atoms with Crippen LogP contribution in [0, 0.1) is 0 Å². The van der Waals surface area contributed by atoms with Crippen LogP contribution < -0.4 is 18.9 Å². The summed E-state index contributed by atoms with van der Waals surface area (Å²) >= 11 is 0. The van der Waals surface area contributed by atoms with Crippen molar-refractivity contribution in [3.63, 3.8) is 0 Å². The van der Waals surface area contributed by atoms with E-state index in [9.17, 15) is 9.59 Å². The smallest absolute Gasteiger partial charge is 0.343 e. The van der Waals surface area contributed by atoms with Gasteiger partial charge in [0, 0.05) is 0 Å². The van der Waals surface area contributed by atoms with E-state index in [1.54, 1.807) is 111 Å². The van der Waals surface area contributed by atoms with Crippen LogP contribution in [0.25, 0.3) is 0 Å². The summed E-state index contributed by atoms with van der Waals surface area (Å²) in [7, 11) is 3.19. The normalized spacial score (nSPS) is 11.0. The van der Waals surface area contributed by atoms with Crippen molar-refractivity contribution < 1.29 is 28.5 Å². The van der Waals surface area contributed by atoms with Crippen LogP contribution in [0.4, 0.5) is 22.7 Å². The molecule has 5 rings (SSSR count). The van der Waals surface area contributed by atoms with Gasteiger partial charge in [0.25, 0.3) is 0 Å². The van der Waals surface area contributed by atoms with Gasteiger partial charge in [-0.25, -0.2) is 9.59 Å². The second kappa shape index (κ2) is 14.1. The van der Waals surface area contributed by atoms with E-state index < -0.39 is 11.9 Å². The fourth-order valence-corrected chi connectivity index (χ4v) is 3.76. The summed E-state index contributed by atoms with van der Waals surface area (Å²) < 4.78 is 21.2. The summed E-state index contributed by atoms with van der Waals surface area (Å²) in [4.78, 5) is 25.3. The number of carbonyl (C=O) groups excluding carboxylic acids is 2. The Morgan fingerprint density at radius 3 is 0.886 bits per heavy atom. The molecule has 5 aromatic carbocycles. The van der Waals surface area contributed by atoms with Gasteiger partial charge in [-0.1, -0.05) is 0 Å². The average Bonchev–Trinajstić information content (AvgIpc) is 3.08. The Morgan fingerprint density at radius 1 is 0.386 bits per heavy atom. The number of carbonyl (C=O) groups is 2. The zero-order valence-electron chi connectivity index (χ0n) is 23.8. The predicted molar refractivity (Wildman–Crippen MR) is 164 cm³/mol. The van der Waals surface area contributed by atoms with Gasteiger partial charge < -0.3 is 18.9 Å². The number of azo groups is 2. The minimum atomic E-state index is -0.572. The fraction of sp³-hybridized carbons (Fsp3) is 0.0588. The van der Waals surface area contributed by atoms with Crippen LogP contribution in [0.5, 0.6) is 23.0 Å². The zero-order valence-corrected chi connectivity index (χ0v) is 23.8. The molecule has 0 saturated heterocycles. The van der Waals surface area contributed by atoms with Crippen molar-refractivity contribution in [2.24, 2.45) is 20.5 Å². The number of nitrogens with zero attached hydrogens (tertiary/aromatic N) is 4. The molecule has 44 heavy (non-hydrogen) atoms. The fourth-order valence-electron chi connectivity index (χ4n) is 3.76. The van der Waals surface area contributed by atoms with Crippen molar-refractivity contribution in [1.82, 2.24) is 0 Å². The molecular formula is C34H26N4O6. The number of methoxy groups -OCH3 is 2. The Labute approximate surface area is 253 Å². The quantitative estimate of drug-likeness (QED) is 0.0915. The summed E-state index contributed by atoms with van der Waals surface area (Å²) in [5.74, 6) is 1.01. The number of hydrogen-bond donors (Lipinski definition) is 0.